The molecule has 0 amide bonds. The van der Waals surface area contributed by atoms with Crippen LogP contribution in [0.5, 0.6) is 0 Å². The second kappa shape index (κ2) is 15.2. The van der Waals surface area contributed by atoms with Crippen LogP contribution in [-0.2, 0) is 7.05 Å². The number of hydrogen-bond donors (Lipinski definition) is 1. The first-order chi connectivity index (χ1) is 16.0. The van der Waals surface area contributed by atoms with Gasteiger partial charge in [-0.1, -0.05) is 108 Å². The molecule has 0 atom stereocenters. The number of carboxylic acid groups (broad SMARTS) is 1. The van der Waals surface area contributed by atoms with Crippen molar-refractivity contribution in [1.82, 2.24) is 4.57 Å². The van der Waals surface area contributed by atoms with E-state index in [0.29, 0.717) is 22.4 Å². The SMILES string of the molecule is CCCCCCCCCCCCCCCCCC(=O)c1c(C(=O)O)n(C)c2ccc(Cl)cc12. The van der Waals surface area contributed by atoms with E-state index < -0.39 is 5.97 Å². The average molecular weight is 476 g/mol. The first-order valence-electron chi connectivity index (χ1n) is 13.0. The van der Waals surface area contributed by atoms with E-state index in [2.05, 4.69) is 6.92 Å². The summed E-state index contributed by atoms with van der Waals surface area (Å²) in [5, 5.41) is 10.8. The molecule has 0 aliphatic heterocycles. The lowest BCUT2D eigenvalue weighted by Gasteiger charge is -2.05. The zero-order valence-electron chi connectivity index (χ0n) is 20.6. The third kappa shape index (κ3) is 8.81. The molecule has 0 bridgehead atoms. The van der Waals surface area contributed by atoms with Gasteiger partial charge in [0, 0.05) is 29.4 Å². The number of aromatic carboxylic acids is 1. The Kier molecular flexibility index (Phi) is 12.6. The number of carboxylic acids is 1. The molecular formula is C28H42ClNO3. The molecule has 0 radical (unpaired) electrons. The van der Waals surface area contributed by atoms with Gasteiger partial charge in [0.25, 0.3) is 0 Å². The number of nitrogens with zero attached hydrogens (tertiary/aromatic N) is 1. The van der Waals surface area contributed by atoms with Gasteiger partial charge in [0.1, 0.15) is 5.69 Å². The standard InChI is InChI=1S/C28H42ClNO3/c1-3-4-5-6-7-8-9-10-11-12-13-14-15-16-17-18-25(31)26-23-21-22(29)19-20-24(23)30(2)27(26)28(32)33/h19-21H,3-18H2,1-2H3,(H,32,33). The summed E-state index contributed by atoms with van der Waals surface area (Å²) in [7, 11) is 1.68. The number of fused-ring (bicyclic) bond motifs is 1. The lowest BCUT2D eigenvalue weighted by molar-refractivity contribution is 0.0682. The largest absolute Gasteiger partial charge is 0.477 e. The van der Waals surface area contributed by atoms with Crippen LogP contribution >= 0.6 is 11.6 Å². The molecule has 0 aliphatic carbocycles. The number of aryl methyl sites for hydroxylation is 1. The maximum Gasteiger partial charge on any atom is 0.353 e. The van der Waals surface area contributed by atoms with Gasteiger partial charge in [-0.2, -0.15) is 0 Å². The molecule has 1 N–H and O–H groups in total. The van der Waals surface area contributed by atoms with Gasteiger partial charge in [0.15, 0.2) is 5.78 Å². The number of ketones is 1. The molecule has 0 saturated carbocycles. The summed E-state index contributed by atoms with van der Waals surface area (Å²) in [6.45, 7) is 2.26. The predicted octanol–water partition coefficient (Wildman–Crippen LogP) is 8.97. The van der Waals surface area contributed by atoms with E-state index in [-0.39, 0.29) is 11.5 Å². The average Bonchev–Trinajstić information content (AvgIpc) is 3.08. The lowest BCUT2D eigenvalue weighted by Crippen LogP contribution is -2.11. The summed E-state index contributed by atoms with van der Waals surface area (Å²) in [5.41, 5.74) is 1.07. The van der Waals surface area contributed by atoms with Crippen molar-refractivity contribution in [3.63, 3.8) is 0 Å². The predicted molar refractivity (Wildman–Crippen MR) is 139 cm³/mol. The molecule has 184 valence electrons. The van der Waals surface area contributed by atoms with Crippen molar-refractivity contribution in [2.24, 2.45) is 7.05 Å². The van der Waals surface area contributed by atoms with E-state index in [9.17, 15) is 14.7 Å². The minimum atomic E-state index is -1.08. The van der Waals surface area contributed by atoms with Gasteiger partial charge in [-0.15, -0.1) is 0 Å². The smallest absolute Gasteiger partial charge is 0.353 e. The Bertz CT molecular complexity index is 887. The van der Waals surface area contributed by atoms with Crippen LogP contribution in [-0.4, -0.2) is 21.4 Å². The Morgan fingerprint density at radius 2 is 1.30 bits per heavy atom. The topological polar surface area (TPSA) is 59.3 Å². The Hall–Kier alpha value is -1.81. The molecule has 4 nitrogen and oxygen atoms in total. The number of carbonyl (C=O) groups is 2. The highest BCUT2D eigenvalue weighted by atomic mass is 35.5. The first kappa shape index (κ1) is 27.4. The molecule has 2 aromatic rings. The van der Waals surface area contributed by atoms with E-state index in [4.69, 9.17) is 11.6 Å². The summed E-state index contributed by atoms with van der Waals surface area (Å²) in [6, 6.07) is 5.19. The van der Waals surface area contributed by atoms with Gasteiger partial charge < -0.3 is 9.67 Å². The summed E-state index contributed by atoms with van der Waals surface area (Å²) in [5.74, 6) is -1.18. The minimum Gasteiger partial charge on any atom is -0.477 e. The van der Waals surface area contributed by atoms with Crippen molar-refractivity contribution < 1.29 is 14.7 Å². The van der Waals surface area contributed by atoms with Crippen LogP contribution < -0.4 is 0 Å². The fourth-order valence-corrected chi connectivity index (χ4v) is 4.90. The molecule has 0 fully saturated rings. The summed E-state index contributed by atoms with van der Waals surface area (Å²) >= 11 is 6.11. The first-order valence-corrected chi connectivity index (χ1v) is 13.4. The molecule has 1 aromatic carbocycles. The molecule has 1 aromatic heterocycles. The van der Waals surface area contributed by atoms with Crippen LogP contribution in [0.4, 0.5) is 0 Å². The number of aromatic nitrogens is 1. The molecule has 0 saturated heterocycles. The minimum absolute atomic E-state index is 0.0539. The molecule has 5 heteroatoms. The monoisotopic (exact) mass is 475 g/mol. The maximum atomic E-state index is 12.9. The highest BCUT2D eigenvalue weighted by molar-refractivity contribution is 6.31. The Morgan fingerprint density at radius 1 is 0.818 bits per heavy atom. The van der Waals surface area contributed by atoms with Gasteiger partial charge in [-0.05, 0) is 24.6 Å². The summed E-state index contributed by atoms with van der Waals surface area (Å²) in [6.07, 6.45) is 19.5. The van der Waals surface area contributed by atoms with Crippen LogP contribution in [0.25, 0.3) is 10.9 Å². The van der Waals surface area contributed by atoms with Crippen molar-refractivity contribution in [2.45, 2.75) is 110 Å². The van der Waals surface area contributed by atoms with Crippen LogP contribution in [0.1, 0.15) is 131 Å². The quantitative estimate of drug-likeness (QED) is 0.173. The lowest BCUT2D eigenvalue weighted by atomic mass is 10.00. The van der Waals surface area contributed by atoms with E-state index in [1.165, 1.54) is 77.0 Å². The zero-order chi connectivity index (χ0) is 24.1. The van der Waals surface area contributed by atoms with Crippen molar-refractivity contribution in [3.8, 4) is 0 Å². The van der Waals surface area contributed by atoms with E-state index in [0.717, 1.165) is 24.8 Å². The number of Topliss-reactive ketones (excluding diaryl/α,β-unsaturated/α-hetero) is 1. The van der Waals surface area contributed by atoms with Crippen molar-refractivity contribution in [1.29, 1.82) is 0 Å². The van der Waals surface area contributed by atoms with Crippen LogP contribution in [0.2, 0.25) is 5.02 Å². The van der Waals surface area contributed by atoms with Crippen molar-refractivity contribution in [2.75, 3.05) is 0 Å². The molecule has 0 unspecified atom stereocenters. The van der Waals surface area contributed by atoms with E-state index >= 15 is 0 Å². The van der Waals surface area contributed by atoms with Gasteiger partial charge in [-0.25, -0.2) is 4.79 Å². The van der Waals surface area contributed by atoms with E-state index in [1.54, 1.807) is 29.8 Å². The van der Waals surface area contributed by atoms with Gasteiger partial charge >= 0.3 is 5.97 Å². The Morgan fingerprint density at radius 3 is 1.79 bits per heavy atom. The molecule has 1 heterocycles. The molecule has 33 heavy (non-hydrogen) atoms. The number of benzene rings is 1. The third-order valence-electron chi connectivity index (χ3n) is 6.65. The second-order valence-corrected chi connectivity index (χ2v) is 9.81. The fourth-order valence-electron chi connectivity index (χ4n) is 4.73. The normalized spacial score (nSPS) is 11.4. The Labute approximate surface area is 204 Å². The van der Waals surface area contributed by atoms with Gasteiger partial charge in [0.05, 0.1) is 5.56 Å². The van der Waals surface area contributed by atoms with Crippen molar-refractivity contribution in [3.05, 3.63) is 34.5 Å². The van der Waals surface area contributed by atoms with E-state index in [1.807, 2.05) is 0 Å². The number of unbranched alkanes of at least 4 members (excludes halogenated alkanes) is 14. The number of halogens is 1. The van der Waals surface area contributed by atoms with Crippen LogP contribution in [0, 0.1) is 0 Å². The number of rotatable bonds is 18. The zero-order valence-corrected chi connectivity index (χ0v) is 21.4. The second-order valence-electron chi connectivity index (χ2n) is 9.37. The summed E-state index contributed by atoms with van der Waals surface area (Å²) in [4.78, 5) is 24.7. The highest BCUT2D eigenvalue weighted by Crippen LogP contribution is 2.30. The maximum absolute atomic E-state index is 12.9. The molecule has 0 spiro atoms. The van der Waals surface area contributed by atoms with Crippen LogP contribution in [0.15, 0.2) is 18.2 Å². The molecular weight excluding hydrogens is 434 g/mol. The molecule has 0 aliphatic rings. The highest BCUT2D eigenvalue weighted by Gasteiger charge is 2.25. The summed E-state index contributed by atoms with van der Waals surface area (Å²) < 4.78 is 1.58. The third-order valence-corrected chi connectivity index (χ3v) is 6.89. The number of carbonyl (C=O) groups excluding carboxylic acids is 1. The fraction of sp³-hybridized carbons (Fsp3) is 0.643. The van der Waals surface area contributed by atoms with Gasteiger partial charge in [0.2, 0.25) is 0 Å². The van der Waals surface area contributed by atoms with Crippen molar-refractivity contribution >= 4 is 34.3 Å². The number of hydrogen-bond acceptors (Lipinski definition) is 2. The van der Waals surface area contributed by atoms with Crippen LogP contribution in [0.3, 0.4) is 0 Å². The van der Waals surface area contributed by atoms with Gasteiger partial charge in [-0.3, -0.25) is 4.79 Å². The molecule has 2 rings (SSSR count). The Balaban J connectivity index is 1.63.